The van der Waals surface area contributed by atoms with Crippen LogP contribution in [0.2, 0.25) is 0 Å². The molecule has 0 fully saturated rings. The molecular formula is C19H21N5O3. The molecule has 0 saturated heterocycles. The van der Waals surface area contributed by atoms with Crippen molar-refractivity contribution < 1.29 is 9.53 Å². The van der Waals surface area contributed by atoms with Gasteiger partial charge >= 0.3 is 0 Å². The maximum Gasteiger partial charge on any atom is 0.280 e. The first-order chi connectivity index (χ1) is 13.0. The number of hydrogen-bond donors (Lipinski definition) is 2. The van der Waals surface area contributed by atoms with Crippen LogP contribution in [0.3, 0.4) is 0 Å². The van der Waals surface area contributed by atoms with Gasteiger partial charge in [0.15, 0.2) is 5.82 Å². The van der Waals surface area contributed by atoms with E-state index in [9.17, 15) is 9.59 Å². The van der Waals surface area contributed by atoms with Crippen molar-refractivity contribution in [3.8, 4) is 22.8 Å². The quantitative estimate of drug-likeness (QED) is 0.695. The van der Waals surface area contributed by atoms with Crippen LogP contribution in [0, 0.1) is 0 Å². The third-order valence-corrected chi connectivity index (χ3v) is 4.26. The smallest absolute Gasteiger partial charge is 0.280 e. The fourth-order valence-electron chi connectivity index (χ4n) is 2.50. The lowest BCUT2D eigenvalue weighted by molar-refractivity contribution is 0.0939. The summed E-state index contributed by atoms with van der Waals surface area (Å²) in [5.41, 5.74) is 1.34. The van der Waals surface area contributed by atoms with Crippen LogP contribution in [0.4, 0.5) is 0 Å². The van der Waals surface area contributed by atoms with Crippen molar-refractivity contribution in [2.24, 2.45) is 0 Å². The van der Waals surface area contributed by atoms with E-state index >= 15 is 0 Å². The van der Waals surface area contributed by atoms with Gasteiger partial charge in [-0.3, -0.25) is 14.7 Å². The number of H-pyrrole nitrogens is 1. The monoisotopic (exact) mass is 367 g/mol. The zero-order valence-electron chi connectivity index (χ0n) is 15.4. The lowest BCUT2D eigenvalue weighted by atomic mass is 10.1. The number of rotatable bonds is 6. The number of aromatic amines is 1. The maximum atomic E-state index is 12.7. The van der Waals surface area contributed by atoms with Gasteiger partial charge in [-0.2, -0.15) is 0 Å². The molecule has 0 aromatic carbocycles. The van der Waals surface area contributed by atoms with Gasteiger partial charge in [0.25, 0.3) is 11.5 Å². The minimum Gasteiger partial charge on any atom is -0.481 e. The summed E-state index contributed by atoms with van der Waals surface area (Å²) in [6, 6.07) is 6.77. The SMILES string of the molecule is CCC(C)NC(=O)c1ccc(-n2[nH]cc(-c3ccnc(OC)c3)c2=O)nc1. The number of aromatic nitrogens is 4. The van der Waals surface area contributed by atoms with E-state index in [-0.39, 0.29) is 17.5 Å². The van der Waals surface area contributed by atoms with Gasteiger partial charge in [-0.15, -0.1) is 0 Å². The molecule has 0 radical (unpaired) electrons. The lowest BCUT2D eigenvalue weighted by Gasteiger charge is -2.11. The van der Waals surface area contributed by atoms with Crippen molar-refractivity contribution in [3.05, 3.63) is 58.8 Å². The number of nitrogens with one attached hydrogen (secondary N) is 2. The highest BCUT2D eigenvalue weighted by Crippen LogP contribution is 2.19. The molecule has 8 nitrogen and oxygen atoms in total. The molecule has 1 amide bonds. The molecule has 1 unspecified atom stereocenters. The Kier molecular flexibility index (Phi) is 5.35. The van der Waals surface area contributed by atoms with E-state index in [1.54, 1.807) is 36.7 Å². The number of amides is 1. The number of carbonyl (C=O) groups excluding carboxylic acids is 1. The first-order valence-corrected chi connectivity index (χ1v) is 8.61. The Balaban J connectivity index is 1.86. The van der Waals surface area contributed by atoms with E-state index in [0.29, 0.717) is 28.4 Å². The fourth-order valence-corrected chi connectivity index (χ4v) is 2.50. The van der Waals surface area contributed by atoms with Crippen molar-refractivity contribution in [1.82, 2.24) is 25.1 Å². The Morgan fingerprint density at radius 1 is 1.33 bits per heavy atom. The summed E-state index contributed by atoms with van der Waals surface area (Å²) in [5.74, 6) is 0.633. The summed E-state index contributed by atoms with van der Waals surface area (Å²) in [6.07, 6.45) is 5.48. The Bertz CT molecular complexity index is 991. The average molecular weight is 367 g/mol. The second kappa shape index (κ2) is 7.86. The van der Waals surface area contributed by atoms with Crippen LogP contribution in [0.25, 0.3) is 16.9 Å². The Hall–Kier alpha value is -3.42. The van der Waals surface area contributed by atoms with Crippen molar-refractivity contribution in [1.29, 1.82) is 0 Å². The van der Waals surface area contributed by atoms with Gasteiger partial charge in [0.05, 0.1) is 18.2 Å². The highest BCUT2D eigenvalue weighted by molar-refractivity contribution is 5.94. The number of carbonyl (C=O) groups is 1. The molecule has 3 rings (SSSR count). The van der Waals surface area contributed by atoms with Gasteiger partial charge < -0.3 is 10.1 Å². The summed E-state index contributed by atoms with van der Waals surface area (Å²) in [5, 5.41) is 5.78. The molecule has 3 aromatic heterocycles. The molecule has 0 aliphatic rings. The molecule has 27 heavy (non-hydrogen) atoms. The summed E-state index contributed by atoms with van der Waals surface area (Å²) >= 11 is 0. The predicted octanol–water partition coefficient (Wildman–Crippen LogP) is 2.16. The molecule has 0 saturated carbocycles. The van der Waals surface area contributed by atoms with E-state index in [1.165, 1.54) is 18.0 Å². The molecule has 1 atom stereocenters. The van der Waals surface area contributed by atoms with Crippen molar-refractivity contribution in [2.45, 2.75) is 26.3 Å². The molecule has 3 aromatic rings. The largest absolute Gasteiger partial charge is 0.481 e. The first-order valence-electron chi connectivity index (χ1n) is 8.61. The number of nitrogens with zero attached hydrogens (tertiary/aromatic N) is 3. The molecule has 8 heteroatoms. The zero-order chi connectivity index (χ0) is 19.4. The third-order valence-electron chi connectivity index (χ3n) is 4.26. The standard InChI is InChI=1S/C19H21N5O3/c1-4-12(2)23-18(25)14-5-6-16(21-10-14)24-19(26)15(11-22-24)13-7-8-20-17(9-13)27-3/h5-12,22H,4H2,1-3H3,(H,23,25). The number of pyridine rings is 2. The molecule has 0 aliphatic carbocycles. The predicted molar refractivity (Wildman–Crippen MR) is 101 cm³/mol. The third kappa shape index (κ3) is 3.89. The van der Waals surface area contributed by atoms with E-state index in [2.05, 4.69) is 20.4 Å². The van der Waals surface area contributed by atoms with Gasteiger partial charge in [0.1, 0.15) is 0 Å². The van der Waals surface area contributed by atoms with E-state index in [0.717, 1.165) is 6.42 Å². The number of ether oxygens (including phenoxy) is 1. The molecule has 0 bridgehead atoms. The topological polar surface area (TPSA) is 102 Å². The van der Waals surface area contributed by atoms with Gasteiger partial charge in [0, 0.05) is 30.7 Å². The van der Waals surface area contributed by atoms with Crippen molar-refractivity contribution in [2.75, 3.05) is 7.11 Å². The van der Waals surface area contributed by atoms with Crippen LogP contribution in [-0.2, 0) is 0 Å². The van der Waals surface area contributed by atoms with Crippen molar-refractivity contribution >= 4 is 5.91 Å². The second-order valence-electron chi connectivity index (χ2n) is 6.10. The van der Waals surface area contributed by atoms with E-state index in [4.69, 9.17) is 4.74 Å². The summed E-state index contributed by atoms with van der Waals surface area (Å²) in [7, 11) is 1.52. The summed E-state index contributed by atoms with van der Waals surface area (Å²) in [6.45, 7) is 3.94. The normalized spacial score (nSPS) is 11.8. The van der Waals surface area contributed by atoms with Crippen LogP contribution in [-0.4, -0.2) is 38.8 Å². The molecule has 0 aliphatic heterocycles. The number of methoxy groups -OCH3 is 1. The Morgan fingerprint density at radius 3 is 2.81 bits per heavy atom. The van der Waals surface area contributed by atoms with Gasteiger partial charge in [0.2, 0.25) is 5.88 Å². The van der Waals surface area contributed by atoms with Crippen molar-refractivity contribution in [3.63, 3.8) is 0 Å². The van der Waals surface area contributed by atoms with Crippen LogP contribution in [0.5, 0.6) is 5.88 Å². The van der Waals surface area contributed by atoms with Gasteiger partial charge in [-0.05, 0) is 37.1 Å². The molecule has 140 valence electrons. The minimum absolute atomic E-state index is 0.0862. The first kappa shape index (κ1) is 18.4. The minimum atomic E-state index is -0.257. The van der Waals surface area contributed by atoms with Gasteiger partial charge in [-0.1, -0.05) is 6.92 Å². The lowest BCUT2D eigenvalue weighted by Crippen LogP contribution is -2.32. The fraction of sp³-hybridized carbons (Fsp3) is 0.263. The van der Waals surface area contributed by atoms with Crippen LogP contribution in [0.15, 0.2) is 47.7 Å². The molecule has 0 spiro atoms. The van der Waals surface area contributed by atoms with Crippen LogP contribution >= 0.6 is 0 Å². The molecule has 2 N–H and O–H groups in total. The molecular weight excluding hydrogens is 346 g/mol. The maximum absolute atomic E-state index is 12.7. The number of hydrogen-bond acceptors (Lipinski definition) is 5. The Labute approximate surface area is 156 Å². The average Bonchev–Trinajstić information content (AvgIpc) is 3.09. The van der Waals surface area contributed by atoms with Crippen LogP contribution in [0.1, 0.15) is 30.6 Å². The van der Waals surface area contributed by atoms with Gasteiger partial charge in [-0.25, -0.2) is 14.6 Å². The Morgan fingerprint density at radius 2 is 2.15 bits per heavy atom. The van der Waals surface area contributed by atoms with E-state index in [1.807, 2.05) is 13.8 Å². The molecule has 3 heterocycles. The zero-order valence-corrected chi connectivity index (χ0v) is 15.4. The van der Waals surface area contributed by atoms with Crippen LogP contribution < -0.4 is 15.6 Å². The highest BCUT2D eigenvalue weighted by Gasteiger charge is 2.13. The summed E-state index contributed by atoms with van der Waals surface area (Å²) in [4.78, 5) is 33.1. The summed E-state index contributed by atoms with van der Waals surface area (Å²) < 4.78 is 6.42. The van der Waals surface area contributed by atoms with E-state index < -0.39 is 0 Å². The highest BCUT2D eigenvalue weighted by atomic mass is 16.5. The second-order valence-corrected chi connectivity index (χ2v) is 6.10.